The quantitative estimate of drug-likeness (QED) is 0.799. The molecule has 1 unspecified atom stereocenters. The molecule has 0 fully saturated rings. The highest BCUT2D eigenvalue weighted by molar-refractivity contribution is 7.91. The Labute approximate surface area is 115 Å². The molecule has 3 nitrogen and oxygen atoms in total. The molecule has 19 heavy (non-hydrogen) atoms. The van der Waals surface area contributed by atoms with Gasteiger partial charge in [-0.15, -0.1) is 0 Å². The number of halogens is 1. The van der Waals surface area contributed by atoms with Crippen molar-refractivity contribution in [3.05, 3.63) is 30.1 Å². The summed E-state index contributed by atoms with van der Waals surface area (Å²) in [6.45, 7) is 4.81. The number of sulfone groups is 1. The maximum Gasteiger partial charge on any atom is 0.182 e. The van der Waals surface area contributed by atoms with Gasteiger partial charge in [-0.2, -0.15) is 0 Å². The fraction of sp³-hybridized carbons (Fsp3) is 0.571. The van der Waals surface area contributed by atoms with Crippen molar-refractivity contribution in [1.82, 2.24) is 5.32 Å². The van der Waals surface area contributed by atoms with Crippen LogP contribution in [0.25, 0.3) is 0 Å². The van der Waals surface area contributed by atoms with Crippen LogP contribution >= 0.6 is 0 Å². The van der Waals surface area contributed by atoms with Crippen LogP contribution in [0.4, 0.5) is 4.39 Å². The average molecular weight is 287 g/mol. The van der Waals surface area contributed by atoms with E-state index in [4.69, 9.17) is 0 Å². The maximum atomic E-state index is 13.6. The van der Waals surface area contributed by atoms with Crippen molar-refractivity contribution in [2.24, 2.45) is 0 Å². The Morgan fingerprint density at radius 3 is 2.47 bits per heavy atom. The summed E-state index contributed by atoms with van der Waals surface area (Å²) in [6.07, 6.45) is 2.61. The molecule has 1 aromatic carbocycles. The van der Waals surface area contributed by atoms with E-state index in [1.54, 1.807) is 6.07 Å². The molecule has 0 spiro atoms. The molecule has 1 N–H and O–H groups in total. The van der Waals surface area contributed by atoms with Crippen LogP contribution in [0.2, 0.25) is 0 Å². The lowest BCUT2D eigenvalue weighted by molar-refractivity contribution is 0.497. The normalized spacial score (nSPS) is 13.4. The van der Waals surface area contributed by atoms with Gasteiger partial charge in [-0.1, -0.05) is 32.4 Å². The number of nitrogens with one attached hydrogen (secondary N) is 1. The lowest BCUT2D eigenvalue weighted by Crippen LogP contribution is -2.36. The predicted molar refractivity (Wildman–Crippen MR) is 75.4 cm³/mol. The highest BCUT2D eigenvalue weighted by Crippen LogP contribution is 2.17. The van der Waals surface area contributed by atoms with Gasteiger partial charge in [0, 0.05) is 6.04 Å². The van der Waals surface area contributed by atoms with Gasteiger partial charge in [0.15, 0.2) is 9.84 Å². The van der Waals surface area contributed by atoms with E-state index in [0.717, 1.165) is 25.8 Å². The van der Waals surface area contributed by atoms with Crippen LogP contribution in [0.5, 0.6) is 0 Å². The number of benzene rings is 1. The van der Waals surface area contributed by atoms with Crippen molar-refractivity contribution in [1.29, 1.82) is 0 Å². The third kappa shape index (κ3) is 4.91. The van der Waals surface area contributed by atoms with Crippen LogP contribution < -0.4 is 5.32 Å². The van der Waals surface area contributed by atoms with Gasteiger partial charge < -0.3 is 5.32 Å². The minimum Gasteiger partial charge on any atom is -0.313 e. The molecule has 0 saturated carbocycles. The van der Waals surface area contributed by atoms with Crippen LogP contribution in [-0.2, 0) is 9.84 Å². The van der Waals surface area contributed by atoms with Crippen molar-refractivity contribution in [3.63, 3.8) is 0 Å². The lowest BCUT2D eigenvalue weighted by atomic mass is 10.2. The van der Waals surface area contributed by atoms with E-state index in [0.29, 0.717) is 0 Å². The van der Waals surface area contributed by atoms with Gasteiger partial charge in [0.2, 0.25) is 0 Å². The molecule has 0 amide bonds. The van der Waals surface area contributed by atoms with E-state index < -0.39 is 15.7 Å². The first kappa shape index (κ1) is 16.1. The van der Waals surface area contributed by atoms with Gasteiger partial charge in [-0.3, -0.25) is 0 Å². The first-order valence-corrected chi connectivity index (χ1v) is 8.37. The standard InChI is InChI=1S/C14H22FNO2S/c1-3-7-12(16-10-4-2)11-19(17,18)14-9-6-5-8-13(14)15/h5-6,8-9,12,16H,3-4,7,10-11H2,1-2H3. The zero-order valence-electron chi connectivity index (χ0n) is 11.5. The zero-order chi connectivity index (χ0) is 14.3. The predicted octanol–water partition coefficient (Wildman–Crippen LogP) is 2.77. The van der Waals surface area contributed by atoms with Gasteiger partial charge in [0.05, 0.1) is 5.75 Å². The van der Waals surface area contributed by atoms with E-state index >= 15 is 0 Å². The Bertz CT molecular complexity index is 488. The van der Waals surface area contributed by atoms with Crippen LogP contribution in [-0.4, -0.2) is 26.8 Å². The summed E-state index contributed by atoms with van der Waals surface area (Å²) < 4.78 is 38.0. The Hall–Kier alpha value is -0.940. The second-order valence-electron chi connectivity index (χ2n) is 4.65. The van der Waals surface area contributed by atoms with Gasteiger partial charge >= 0.3 is 0 Å². The van der Waals surface area contributed by atoms with Gasteiger partial charge in [-0.25, -0.2) is 12.8 Å². The molecule has 1 aromatic rings. The molecule has 0 aliphatic rings. The molecule has 0 bridgehead atoms. The van der Waals surface area contributed by atoms with E-state index in [1.165, 1.54) is 18.2 Å². The third-order valence-electron chi connectivity index (χ3n) is 2.91. The van der Waals surface area contributed by atoms with Crippen molar-refractivity contribution < 1.29 is 12.8 Å². The third-order valence-corrected chi connectivity index (χ3v) is 4.75. The summed E-state index contributed by atoms with van der Waals surface area (Å²) in [6, 6.07) is 5.43. The molecular weight excluding hydrogens is 265 g/mol. The fourth-order valence-electron chi connectivity index (χ4n) is 1.99. The van der Waals surface area contributed by atoms with Crippen LogP contribution in [0.1, 0.15) is 33.1 Å². The highest BCUT2D eigenvalue weighted by atomic mass is 32.2. The van der Waals surface area contributed by atoms with Crippen LogP contribution in [0, 0.1) is 5.82 Å². The summed E-state index contributed by atoms with van der Waals surface area (Å²) >= 11 is 0. The maximum absolute atomic E-state index is 13.6. The molecule has 0 radical (unpaired) electrons. The zero-order valence-corrected chi connectivity index (χ0v) is 12.3. The van der Waals surface area contributed by atoms with E-state index in [9.17, 15) is 12.8 Å². The number of hydrogen-bond acceptors (Lipinski definition) is 3. The molecule has 1 rings (SSSR count). The summed E-state index contributed by atoms with van der Waals surface area (Å²) in [5.41, 5.74) is 0. The minimum absolute atomic E-state index is 0.0538. The van der Waals surface area contributed by atoms with Gasteiger partial charge in [-0.05, 0) is 31.5 Å². The molecule has 0 aliphatic heterocycles. The van der Waals surface area contributed by atoms with Gasteiger partial charge in [0.1, 0.15) is 10.7 Å². The Kier molecular flexibility index (Phi) is 6.45. The SMILES string of the molecule is CCCNC(CCC)CS(=O)(=O)c1ccccc1F. The lowest BCUT2D eigenvalue weighted by Gasteiger charge is -2.18. The second kappa shape index (κ2) is 7.60. The molecule has 0 aromatic heterocycles. The molecule has 0 saturated heterocycles. The Balaban J connectivity index is 2.85. The van der Waals surface area contributed by atoms with Crippen molar-refractivity contribution in [3.8, 4) is 0 Å². The summed E-state index contributed by atoms with van der Waals surface area (Å²) in [4.78, 5) is -0.200. The Morgan fingerprint density at radius 2 is 1.89 bits per heavy atom. The molecule has 5 heteroatoms. The van der Waals surface area contributed by atoms with Crippen LogP contribution in [0.15, 0.2) is 29.2 Å². The van der Waals surface area contributed by atoms with E-state index in [1.807, 2.05) is 13.8 Å². The Morgan fingerprint density at radius 1 is 1.21 bits per heavy atom. The van der Waals surface area contributed by atoms with Crippen molar-refractivity contribution in [2.75, 3.05) is 12.3 Å². The van der Waals surface area contributed by atoms with Gasteiger partial charge in [0.25, 0.3) is 0 Å². The molecule has 0 aliphatic carbocycles. The first-order valence-electron chi connectivity index (χ1n) is 6.72. The van der Waals surface area contributed by atoms with E-state index in [-0.39, 0.29) is 16.7 Å². The smallest absolute Gasteiger partial charge is 0.182 e. The molecule has 0 heterocycles. The topological polar surface area (TPSA) is 46.2 Å². The first-order chi connectivity index (χ1) is 9.01. The summed E-state index contributed by atoms with van der Waals surface area (Å²) in [5, 5.41) is 3.21. The number of rotatable bonds is 8. The van der Waals surface area contributed by atoms with E-state index in [2.05, 4.69) is 5.32 Å². The number of hydrogen-bond donors (Lipinski definition) is 1. The fourth-order valence-corrected chi connectivity index (χ4v) is 3.64. The van der Waals surface area contributed by atoms with Crippen molar-refractivity contribution in [2.45, 2.75) is 44.0 Å². The molecule has 108 valence electrons. The van der Waals surface area contributed by atoms with Crippen LogP contribution in [0.3, 0.4) is 0 Å². The van der Waals surface area contributed by atoms with Crippen molar-refractivity contribution >= 4 is 9.84 Å². The largest absolute Gasteiger partial charge is 0.313 e. The monoisotopic (exact) mass is 287 g/mol. The second-order valence-corrected chi connectivity index (χ2v) is 6.65. The highest BCUT2D eigenvalue weighted by Gasteiger charge is 2.23. The average Bonchev–Trinajstić information content (AvgIpc) is 2.36. The molecular formula is C14H22FNO2S. The summed E-state index contributed by atoms with van der Waals surface area (Å²) in [5.74, 6) is -0.727. The minimum atomic E-state index is -3.58. The summed E-state index contributed by atoms with van der Waals surface area (Å²) in [7, 11) is -3.58. The molecule has 1 atom stereocenters.